The molecule has 0 aliphatic heterocycles. The molecule has 0 bridgehead atoms. The average Bonchev–Trinajstić information content (AvgIpc) is 2.14. The lowest BCUT2D eigenvalue weighted by Gasteiger charge is -2.06. The Kier molecular flexibility index (Phi) is 3.85. The number of rotatable bonds is 3. The highest BCUT2D eigenvalue weighted by Crippen LogP contribution is 2.18. The van der Waals surface area contributed by atoms with Gasteiger partial charge in [-0.15, -0.1) is 0 Å². The van der Waals surface area contributed by atoms with Crippen LogP contribution in [0, 0.1) is 0 Å². The van der Waals surface area contributed by atoms with Crippen LogP contribution in [-0.4, -0.2) is 18.9 Å². The van der Waals surface area contributed by atoms with Gasteiger partial charge in [-0.2, -0.15) is 0 Å². The molecule has 0 saturated carbocycles. The number of halogens is 3. The first-order valence-electron chi connectivity index (χ1n) is 4.12. The molecule has 82 valence electrons. The maximum Gasteiger partial charge on any atom is 0.255 e. The van der Waals surface area contributed by atoms with E-state index < -0.39 is 18.9 Å². The predicted octanol–water partition coefficient (Wildman–Crippen LogP) is 1.92. The number of hydrogen-bond donors (Lipinski definition) is 2. The number of anilines is 1. The van der Waals surface area contributed by atoms with E-state index in [1.807, 2.05) is 5.32 Å². The summed E-state index contributed by atoms with van der Waals surface area (Å²) in [6, 6.07) is 4.25. The number of nitrogens with one attached hydrogen (secondary N) is 1. The van der Waals surface area contributed by atoms with E-state index in [4.69, 9.17) is 17.3 Å². The van der Waals surface area contributed by atoms with Gasteiger partial charge in [0.25, 0.3) is 12.3 Å². The summed E-state index contributed by atoms with van der Waals surface area (Å²) in [4.78, 5) is 11.3. The molecule has 15 heavy (non-hydrogen) atoms. The minimum absolute atomic E-state index is 0.131. The van der Waals surface area contributed by atoms with Crippen LogP contribution >= 0.6 is 11.6 Å². The fraction of sp³-hybridized carbons (Fsp3) is 0.222. The molecule has 0 aliphatic carbocycles. The fourth-order valence-corrected chi connectivity index (χ4v) is 1.26. The number of nitrogen functional groups attached to an aromatic ring is 1. The van der Waals surface area contributed by atoms with Gasteiger partial charge in [-0.3, -0.25) is 4.79 Å². The number of carbonyl (C=O) groups excluding carboxylic acids is 1. The number of amides is 1. The summed E-state index contributed by atoms with van der Waals surface area (Å²) in [7, 11) is 0. The predicted molar refractivity (Wildman–Crippen MR) is 54.2 cm³/mol. The lowest BCUT2D eigenvalue weighted by molar-refractivity contribution is 0.0892. The van der Waals surface area contributed by atoms with Gasteiger partial charge in [-0.1, -0.05) is 11.6 Å². The Hall–Kier alpha value is -1.36. The van der Waals surface area contributed by atoms with Gasteiger partial charge in [0.2, 0.25) is 0 Å². The second-order valence-corrected chi connectivity index (χ2v) is 3.25. The van der Waals surface area contributed by atoms with Crippen molar-refractivity contribution in [3.63, 3.8) is 0 Å². The van der Waals surface area contributed by atoms with Crippen LogP contribution in [-0.2, 0) is 0 Å². The maximum absolute atomic E-state index is 11.8. The van der Waals surface area contributed by atoms with Crippen molar-refractivity contribution in [2.45, 2.75) is 6.43 Å². The normalized spacial score (nSPS) is 10.4. The zero-order valence-electron chi connectivity index (χ0n) is 7.64. The highest BCUT2D eigenvalue weighted by Gasteiger charge is 2.11. The maximum atomic E-state index is 11.8. The molecule has 0 aliphatic rings. The van der Waals surface area contributed by atoms with Crippen molar-refractivity contribution in [3.8, 4) is 0 Å². The van der Waals surface area contributed by atoms with Crippen LogP contribution < -0.4 is 11.1 Å². The molecule has 0 unspecified atom stereocenters. The average molecular weight is 235 g/mol. The van der Waals surface area contributed by atoms with Crippen LogP contribution in [0.15, 0.2) is 18.2 Å². The highest BCUT2D eigenvalue weighted by molar-refractivity contribution is 6.34. The van der Waals surface area contributed by atoms with Crippen molar-refractivity contribution in [1.29, 1.82) is 0 Å². The fourth-order valence-electron chi connectivity index (χ4n) is 0.981. The molecule has 1 aromatic rings. The Balaban J connectivity index is 2.74. The van der Waals surface area contributed by atoms with Crippen LogP contribution in [0.5, 0.6) is 0 Å². The molecule has 6 heteroatoms. The van der Waals surface area contributed by atoms with Gasteiger partial charge in [0.1, 0.15) is 0 Å². The largest absolute Gasteiger partial charge is 0.399 e. The van der Waals surface area contributed by atoms with Crippen molar-refractivity contribution in [3.05, 3.63) is 28.8 Å². The van der Waals surface area contributed by atoms with Gasteiger partial charge in [-0.05, 0) is 18.2 Å². The molecule has 0 atom stereocenters. The molecule has 0 heterocycles. The van der Waals surface area contributed by atoms with E-state index >= 15 is 0 Å². The van der Waals surface area contributed by atoms with Gasteiger partial charge in [0, 0.05) is 5.69 Å². The Morgan fingerprint density at radius 2 is 2.20 bits per heavy atom. The van der Waals surface area contributed by atoms with E-state index in [1.54, 1.807) is 0 Å². The molecule has 1 rings (SSSR count). The molecule has 3 nitrogen and oxygen atoms in total. The van der Waals surface area contributed by atoms with Crippen molar-refractivity contribution in [2.75, 3.05) is 12.3 Å². The van der Waals surface area contributed by atoms with E-state index in [-0.39, 0.29) is 10.6 Å². The summed E-state index contributed by atoms with van der Waals surface area (Å²) < 4.78 is 23.6. The summed E-state index contributed by atoms with van der Waals surface area (Å²) in [6.45, 7) is -0.695. The van der Waals surface area contributed by atoms with Gasteiger partial charge in [0.15, 0.2) is 0 Å². The second kappa shape index (κ2) is 4.93. The van der Waals surface area contributed by atoms with E-state index in [1.165, 1.54) is 18.2 Å². The van der Waals surface area contributed by atoms with Gasteiger partial charge >= 0.3 is 0 Å². The number of benzene rings is 1. The topological polar surface area (TPSA) is 55.1 Å². The standard InChI is InChI=1S/C9H9ClF2N2O/c10-7-3-5(13)1-2-6(7)9(15)14-4-8(11)12/h1-3,8H,4,13H2,(H,14,15). The molecule has 0 saturated heterocycles. The van der Waals surface area contributed by atoms with Gasteiger partial charge in [0.05, 0.1) is 17.1 Å². The van der Waals surface area contributed by atoms with Crippen molar-refractivity contribution < 1.29 is 13.6 Å². The first-order valence-corrected chi connectivity index (χ1v) is 4.50. The molecule has 1 aromatic carbocycles. The van der Waals surface area contributed by atoms with Crippen molar-refractivity contribution in [1.82, 2.24) is 5.32 Å². The molecular formula is C9H9ClF2N2O. The summed E-state index contributed by atoms with van der Waals surface area (Å²) >= 11 is 5.71. The van der Waals surface area contributed by atoms with Gasteiger partial charge < -0.3 is 11.1 Å². The third-order valence-electron chi connectivity index (χ3n) is 1.65. The first kappa shape index (κ1) is 11.7. The quantitative estimate of drug-likeness (QED) is 0.785. The second-order valence-electron chi connectivity index (χ2n) is 2.84. The van der Waals surface area contributed by atoms with Crippen LogP contribution in [0.4, 0.5) is 14.5 Å². The van der Waals surface area contributed by atoms with Crippen molar-refractivity contribution in [2.24, 2.45) is 0 Å². The Labute approximate surface area is 90.2 Å². The third-order valence-corrected chi connectivity index (χ3v) is 1.97. The minimum atomic E-state index is -2.58. The zero-order valence-corrected chi connectivity index (χ0v) is 8.39. The summed E-state index contributed by atoms with van der Waals surface area (Å²) in [5.41, 5.74) is 5.95. The molecule has 1 amide bonds. The lowest BCUT2D eigenvalue weighted by atomic mass is 10.2. The monoisotopic (exact) mass is 234 g/mol. The Morgan fingerprint density at radius 1 is 1.53 bits per heavy atom. The minimum Gasteiger partial charge on any atom is -0.399 e. The van der Waals surface area contributed by atoms with Crippen LogP contribution in [0.25, 0.3) is 0 Å². The molecule has 0 fully saturated rings. The van der Waals surface area contributed by atoms with Crippen LogP contribution in [0.2, 0.25) is 5.02 Å². The number of hydrogen-bond acceptors (Lipinski definition) is 2. The van der Waals surface area contributed by atoms with Crippen molar-refractivity contribution >= 4 is 23.2 Å². The zero-order chi connectivity index (χ0) is 11.4. The SMILES string of the molecule is Nc1ccc(C(=O)NCC(F)F)c(Cl)c1. The number of carbonyl (C=O) groups is 1. The summed E-state index contributed by atoms with van der Waals surface area (Å²) in [6.07, 6.45) is -2.58. The third kappa shape index (κ3) is 3.36. The first-order chi connectivity index (χ1) is 7.00. The highest BCUT2D eigenvalue weighted by atomic mass is 35.5. The number of alkyl halides is 2. The van der Waals surface area contributed by atoms with E-state index in [0.717, 1.165) is 0 Å². The lowest BCUT2D eigenvalue weighted by Crippen LogP contribution is -2.28. The molecule has 0 radical (unpaired) electrons. The van der Waals surface area contributed by atoms with E-state index in [2.05, 4.69) is 0 Å². The summed E-state index contributed by atoms with van der Waals surface area (Å²) in [5, 5.41) is 2.19. The smallest absolute Gasteiger partial charge is 0.255 e. The summed E-state index contributed by atoms with van der Waals surface area (Å²) in [5.74, 6) is -0.639. The van der Waals surface area contributed by atoms with Gasteiger partial charge in [-0.25, -0.2) is 8.78 Å². The van der Waals surface area contributed by atoms with E-state index in [0.29, 0.717) is 5.69 Å². The molecule has 0 aromatic heterocycles. The van der Waals surface area contributed by atoms with Crippen LogP contribution in [0.1, 0.15) is 10.4 Å². The molecule has 3 N–H and O–H groups in total. The van der Waals surface area contributed by atoms with Crippen LogP contribution in [0.3, 0.4) is 0 Å². The number of nitrogens with two attached hydrogens (primary N) is 1. The molecular weight excluding hydrogens is 226 g/mol. The molecule has 0 spiro atoms. The Morgan fingerprint density at radius 3 is 2.73 bits per heavy atom. The van der Waals surface area contributed by atoms with E-state index in [9.17, 15) is 13.6 Å². The Bertz CT molecular complexity index is 371.